The van der Waals surface area contributed by atoms with E-state index in [0.29, 0.717) is 25.6 Å². The van der Waals surface area contributed by atoms with Gasteiger partial charge in [0.15, 0.2) is 0 Å². The first-order valence-electron chi connectivity index (χ1n) is 9.76. The first-order chi connectivity index (χ1) is 13.1. The van der Waals surface area contributed by atoms with Gasteiger partial charge >= 0.3 is 0 Å². The molecule has 1 aliphatic carbocycles. The van der Waals surface area contributed by atoms with Gasteiger partial charge in [0, 0.05) is 43.8 Å². The van der Waals surface area contributed by atoms with Gasteiger partial charge in [0.25, 0.3) is 0 Å². The Hall–Kier alpha value is -2.47. The molecule has 6 heteroatoms. The van der Waals surface area contributed by atoms with Crippen LogP contribution in [-0.4, -0.2) is 64.9 Å². The number of piperazine rings is 1. The summed E-state index contributed by atoms with van der Waals surface area (Å²) in [5.41, 5.74) is 1.87. The van der Waals surface area contributed by atoms with Gasteiger partial charge in [-0.3, -0.25) is 19.5 Å². The second-order valence-corrected chi connectivity index (χ2v) is 7.54. The first-order valence-corrected chi connectivity index (χ1v) is 9.76. The van der Waals surface area contributed by atoms with E-state index in [4.69, 9.17) is 0 Å². The summed E-state index contributed by atoms with van der Waals surface area (Å²) in [6.45, 7) is 4.75. The van der Waals surface area contributed by atoms with Crippen molar-refractivity contribution in [3.63, 3.8) is 0 Å². The van der Waals surface area contributed by atoms with E-state index in [1.54, 1.807) is 6.20 Å². The summed E-state index contributed by atoms with van der Waals surface area (Å²) in [5, 5.41) is 4.12. The third kappa shape index (κ3) is 4.11. The topological polar surface area (TPSA) is 65.5 Å². The molecule has 1 aromatic heterocycles. The monoisotopic (exact) mass is 366 g/mol. The van der Waals surface area contributed by atoms with Crippen LogP contribution in [0.1, 0.15) is 25.3 Å². The molecule has 1 aliphatic heterocycles. The van der Waals surface area contributed by atoms with Crippen LogP contribution >= 0.6 is 0 Å². The summed E-state index contributed by atoms with van der Waals surface area (Å²) in [7, 11) is 0. The largest absolute Gasteiger partial charge is 0.352 e. The quantitative estimate of drug-likeness (QED) is 0.873. The van der Waals surface area contributed by atoms with E-state index < -0.39 is 0 Å². The van der Waals surface area contributed by atoms with Crippen molar-refractivity contribution in [2.45, 2.75) is 38.3 Å². The minimum Gasteiger partial charge on any atom is -0.352 e. The average molecular weight is 366 g/mol. The van der Waals surface area contributed by atoms with E-state index >= 15 is 0 Å². The van der Waals surface area contributed by atoms with E-state index in [9.17, 15) is 9.59 Å². The Kier molecular flexibility index (Phi) is 5.07. The van der Waals surface area contributed by atoms with Crippen LogP contribution < -0.4 is 5.32 Å². The fourth-order valence-electron chi connectivity index (χ4n) is 3.66. The molecule has 1 aromatic carbocycles. The van der Waals surface area contributed by atoms with E-state index in [1.165, 1.54) is 0 Å². The molecular weight excluding hydrogens is 340 g/mol. The summed E-state index contributed by atoms with van der Waals surface area (Å²) in [4.78, 5) is 33.5. The van der Waals surface area contributed by atoms with Crippen LogP contribution in [-0.2, 0) is 16.0 Å². The Bertz CT molecular complexity index is 836. The Morgan fingerprint density at radius 2 is 1.89 bits per heavy atom. The number of nitrogens with zero attached hydrogens (tertiary/aromatic N) is 3. The zero-order valence-corrected chi connectivity index (χ0v) is 15.7. The fourth-order valence-corrected chi connectivity index (χ4v) is 3.66. The van der Waals surface area contributed by atoms with Gasteiger partial charge in [-0.1, -0.05) is 24.3 Å². The number of amides is 2. The molecule has 1 saturated heterocycles. The number of benzene rings is 1. The molecule has 142 valence electrons. The van der Waals surface area contributed by atoms with Crippen molar-refractivity contribution in [3.8, 4) is 0 Å². The predicted molar refractivity (Wildman–Crippen MR) is 104 cm³/mol. The summed E-state index contributed by atoms with van der Waals surface area (Å²) >= 11 is 0. The van der Waals surface area contributed by atoms with Crippen molar-refractivity contribution >= 4 is 22.7 Å². The van der Waals surface area contributed by atoms with Gasteiger partial charge in [0.1, 0.15) is 0 Å². The molecule has 4 rings (SSSR count). The van der Waals surface area contributed by atoms with Gasteiger partial charge in [0.2, 0.25) is 11.8 Å². The summed E-state index contributed by atoms with van der Waals surface area (Å²) < 4.78 is 0. The SMILES string of the molecule is CC(C(=O)NC1CC1)N1CCN(C(=O)Cc2cccc3cccnc23)CC1. The Morgan fingerprint density at radius 1 is 1.15 bits per heavy atom. The molecule has 27 heavy (non-hydrogen) atoms. The van der Waals surface area contributed by atoms with E-state index in [-0.39, 0.29) is 17.9 Å². The van der Waals surface area contributed by atoms with Crippen LogP contribution in [0.4, 0.5) is 0 Å². The Balaban J connectivity index is 1.33. The molecule has 2 amide bonds. The maximum absolute atomic E-state index is 12.8. The normalized spacial score (nSPS) is 19.1. The predicted octanol–water partition coefficient (Wildman–Crippen LogP) is 1.59. The third-order valence-corrected chi connectivity index (χ3v) is 5.58. The average Bonchev–Trinajstić information content (AvgIpc) is 3.52. The molecule has 0 spiro atoms. The number of hydrogen-bond acceptors (Lipinski definition) is 4. The zero-order valence-electron chi connectivity index (χ0n) is 15.7. The highest BCUT2D eigenvalue weighted by molar-refractivity contribution is 5.87. The van der Waals surface area contributed by atoms with Crippen LogP contribution in [0, 0.1) is 0 Å². The van der Waals surface area contributed by atoms with Gasteiger partial charge in [-0.25, -0.2) is 0 Å². The second kappa shape index (κ2) is 7.64. The fraction of sp³-hybridized carbons (Fsp3) is 0.476. The highest BCUT2D eigenvalue weighted by atomic mass is 16.2. The molecular formula is C21H26N4O2. The number of hydrogen-bond donors (Lipinski definition) is 1. The first kappa shape index (κ1) is 17.9. The standard InChI is InChI=1S/C21H26N4O2/c1-15(21(27)23-18-7-8-18)24-10-12-25(13-11-24)19(26)14-17-5-2-4-16-6-3-9-22-20(16)17/h2-6,9,15,18H,7-8,10-14H2,1H3,(H,23,27). The summed E-state index contributed by atoms with van der Waals surface area (Å²) in [6.07, 6.45) is 4.34. The van der Waals surface area contributed by atoms with Crippen LogP contribution in [0.25, 0.3) is 10.9 Å². The molecule has 2 aromatic rings. The van der Waals surface area contributed by atoms with E-state index in [1.807, 2.05) is 42.2 Å². The van der Waals surface area contributed by atoms with Crippen molar-refractivity contribution in [3.05, 3.63) is 42.1 Å². The molecule has 1 unspecified atom stereocenters. The van der Waals surface area contributed by atoms with Gasteiger partial charge in [-0.05, 0) is 31.4 Å². The molecule has 2 heterocycles. The van der Waals surface area contributed by atoms with Gasteiger partial charge in [-0.15, -0.1) is 0 Å². The Labute approximate surface area is 159 Å². The lowest BCUT2D eigenvalue weighted by atomic mass is 10.1. The van der Waals surface area contributed by atoms with Crippen LogP contribution in [0.5, 0.6) is 0 Å². The number of nitrogens with one attached hydrogen (secondary N) is 1. The third-order valence-electron chi connectivity index (χ3n) is 5.58. The molecule has 6 nitrogen and oxygen atoms in total. The van der Waals surface area contributed by atoms with Crippen molar-refractivity contribution in [1.29, 1.82) is 0 Å². The molecule has 0 radical (unpaired) electrons. The summed E-state index contributed by atoms with van der Waals surface area (Å²) in [5.74, 6) is 0.238. The molecule has 1 saturated carbocycles. The molecule has 2 fully saturated rings. The lowest BCUT2D eigenvalue weighted by Gasteiger charge is -2.37. The smallest absolute Gasteiger partial charge is 0.237 e. The second-order valence-electron chi connectivity index (χ2n) is 7.54. The van der Waals surface area contributed by atoms with Crippen molar-refractivity contribution in [1.82, 2.24) is 20.1 Å². The van der Waals surface area contributed by atoms with Gasteiger partial charge < -0.3 is 10.2 Å². The van der Waals surface area contributed by atoms with E-state index in [2.05, 4.69) is 15.2 Å². The van der Waals surface area contributed by atoms with Crippen LogP contribution in [0.2, 0.25) is 0 Å². The molecule has 1 N–H and O–H groups in total. The number of carbonyl (C=O) groups excluding carboxylic acids is 2. The zero-order chi connectivity index (χ0) is 18.8. The summed E-state index contributed by atoms with van der Waals surface area (Å²) in [6, 6.07) is 10.2. The van der Waals surface area contributed by atoms with Gasteiger partial charge in [0.05, 0.1) is 18.0 Å². The number of para-hydroxylation sites is 1. The van der Waals surface area contributed by atoms with Gasteiger partial charge in [-0.2, -0.15) is 0 Å². The maximum atomic E-state index is 12.8. The molecule has 2 aliphatic rings. The molecule has 1 atom stereocenters. The van der Waals surface area contributed by atoms with E-state index in [0.717, 1.165) is 42.4 Å². The lowest BCUT2D eigenvalue weighted by Crippen LogP contribution is -2.55. The minimum atomic E-state index is -0.134. The Morgan fingerprint density at radius 3 is 2.63 bits per heavy atom. The van der Waals surface area contributed by atoms with Crippen molar-refractivity contribution in [2.24, 2.45) is 0 Å². The minimum absolute atomic E-state index is 0.110. The highest BCUT2D eigenvalue weighted by Gasteiger charge is 2.30. The molecule has 0 bridgehead atoms. The van der Waals surface area contributed by atoms with Crippen LogP contribution in [0.3, 0.4) is 0 Å². The number of rotatable bonds is 5. The van der Waals surface area contributed by atoms with Crippen molar-refractivity contribution < 1.29 is 9.59 Å². The van der Waals surface area contributed by atoms with Crippen molar-refractivity contribution in [2.75, 3.05) is 26.2 Å². The lowest BCUT2D eigenvalue weighted by molar-refractivity contribution is -0.133. The maximum Gasteiger partial charge on any atom is 0.237 e. The highest BCUT2D eigenvalue weighted by Crippen LogP contribution is 2.20. The van der Waals surface area contributed by atoms with Crippen LogP contribution in [0.15, 0.2) is 36.5 Å². The number of fused-ring (bicyclic) bond motifs is 1. The number of carbonyl (C=O) groups is 2. The number of aromatic nitrogens is 1. The number of pyridine rings is 1.